The molecule has 140 valence electrons. The summed E-state index contributed by atoms with van der Waals surface area (Å²) in [5.74, 6) is 0.340. The van der Waals surface area contributed by atoms with Crippen LogP contribution in [-0.2, 0) is 0 Å². The quantitative estimate of drug-likeness (QED) is 0.898. The van der Waals surface area contributed by atoms with Crippen LogP contribution < -0.4 is 9.64 Å². The predicted octanol–water partition coefficient (Wildman–Crippen LogP) is 2.94. The van der Waals surface area contributed by atoms with Gasteiger partial charge in [0, 0.05) is 24.8 Å². The van der Waals surface area contributed by atoms with E-state index in [9.17, 15) is 9.59 Å². The Balaban J connectivity index is 1.59. The van der Waals surface area contributed by atoms with Gasteiger partial charge in [0.05, 0.1) is 17.8 Å². The van der Waals surface area contributed by atoms with Crippen molar-refractivity contribution in [2.24, 2.45) is 0 Å². The van der Waals surface area contributed by atoms with Crippen molar-refractivity contribution in [2.75, 3.05) is 31.1 Å². The van der Waals surface area contributed by atoms with Crippen molar-refractivity contribution in [3.63, 3.8) is 0 Å². The van der Waals surface area contributed by atoms with E-state index in [4.69, 9.17) is 9.84 Å². The average Bonchev–Trinajstić information content (AvgIpc) is 2.73. The Kier molecular flexibility index (Phi) is 4.66. The second-order valence-electron chi connectivity index (χ2n) is 6.75. The summed E-state index contributed by atoms with van der Waals surface area (Å²) in [5, 5.41) is 9.02. The number of aromatic nitrogens is 1. The van der Waals surface area contributed by atoms with Crippen LogP contribution in [0.2, 0.25) is 0 Å². The smallest absolute Gasteiger partial charge is 0.337 e. The summed E-state index contributed by atoms with van der Waals surface area (Å²) in [7, 11) is 0. The molecule has 0 aliphatic carbocycles. The highest BCUT2D eigenvalue weighted by Gasteiger charge is 2.24. The monoisotopic (exact) mass is 367 g/mol. The van der Waals surface area contributed by atoms with Crippen LogP contribution >= 0.6 is 0 Å². The minimum Gasteiger partial charge on any atom is -0.490 e. The fraction of sp³-hybridized carbons (Fsp3) is 0.350. The Bertz CT molecular complexity index is 860. The summed E-state index contributed by atoms with van der Waals surface area (Å²) in [6.45, 7) is 2.69. The molecule has 0 spiro atoms. The van der Waals surface area contributed by atoms with Crippen LogP contribution in [0.5, 0.6) is 5.75 Å². The number of ether oxygens (including phenoxy) is 1. The van der Waals surface area contributed by atoms with E-state index in [0.29, 0.717) is 30.3 Å². The molecule has 0 saturated carbocycles. The summed E-state index contributed by atoms with van der Waals surface area (Å²) in [4.78, 5) is 31.9. The fourth-order valence-corrected chi connectivity index (χ4v) is 3.54. The van der Waals surface area contributed by atoms with Crippen molar-refractivity contribution in [1.29, 1.82) is 0 Å². The highest BCUT2D eigenvalue weighted by atomic mass is 16.5. The number of likely N-dealkylation sites (tertiary alicyclic amines) is 1. The van der Waals surface area contributed by atoms with E-state index in [1.54, 1.807) is 12.1 Å². The van der Waals surface area contributed by atoms with Gasteiger partial charge in [-0.1, -0.05) is 0 Å². The number of benzene rings is 1. The zero-order valence-corrected chi connectivity index (χ0v) is 14.9. The van der Waals surface area contributed by atoms with Crippen LogP contribution in [0, 0.1) is 0 Å². The summed E-state index contributed by atoms with van der Waals surface area (Å²) >= 11 is 0. The van der Waals surface area contributed by atoms with Gasteiger partial charge in [-0.2, -0.15) is 0 Å². The van der Waals surface area contributed by atoms with Crippen molar-refractivity contribution in [3.8, 4) is 5.75 Å². The highest BCUT2D eigenvalue weighted by Crippen LogP contribution is 2.36. The molecule has 3 heterocycles. The number of aromatic carboxylic acids is 1. The number of hydrogen-bond acceptors (Lipinski definition) is 5. The maximum atomic E-state index is 12.7. The first-order valence-electron chi connectivity index (χ1n) is 9.16. The number of hydrogen-bond donors (Lipinski definition) is 1. The van der Waals surface area contributed by atoms with Gasteiger partial charge in [0.15, 0.2) is 0 Å². The van der Waals surface area contributed by atoms with Crippen molar-refractivity contribution >= 4 is 23.4 Å². The molecule has 7 heteroatoms. The maximum absolute atomic E-state index is 12.7. The van der Waals surface area contributed by atoms with E-state index in [1.807, 2.05) is 21.9 Å². The van der Waals surface area contributed by atoms with E-state index >= 15 is 0 Å². The SMILES string of the molecule is O=C(O)c1ccc(N2CCOc3cc(C(=O)N4CCCCC4)ccc32)nc1. The number of carbonyl (C=O) groups is 2. The van der Waals surface area contributed by atoms with E-state index in [-0.39, 0.29) is 11.5 Å². The summed E-state index contributed by atoms with van der Waals surface area (Å²) in [6, 6.07) is 8.71. The van der Waals surface area contributed by atoms with Crippen molar-refractivity contribution in [3.05, 3.63) is 47.7 Å². The molecule has 7 nitrogen and oxygen atoms in total. The van der Waals surface area contributed by atoms with Gasteiger partial charge in [0.25, 0.3) is 5.91 Å². The number of carboxylic acids is 1. The molecule has 1 N–H and O–H groups in total. The van der Waals surface area contributed by atoms with Crippen LogP contribution in [0.3, 0.4) is 0 Å². The second kappa shape index (κ2) is 7.26. The molecule has 1 saturated heterocycles. The fourth-order valence-electron chi connectivity index (χ4n) is 3.54. The van der Waals surface area contributed by atoms with Gasteiger partial charge in [-0.3, -0.25) is 4.79 Å². The van der Waals surface area contributed by atoms with Crippen LogP contribution in [0.25, 0.3) is 0 Å². The standard InChI is InChI=1S/C20H21N3O4/c24-19(22-8-2-1-3-9-22)14-4-6-16-17(12-14)27-11-10-23(16)18-7-5-15(13-21-18)20(25)26/h4-7,12-13H,1-3,8-11H2,(H,25,26). The molecule has 1 aromatic heterocycles. The lowest BCUT2D eigenvalue weighted by Gasteiger charge is -2.31. The van der Waals surface area contributed by atoms with E-state index in [0.717, 1.165) is 31.6 Å². The molecule has 0 bridgehead atoms. The van der Waals surface area contributed by atoms with Gasteiger partial charge >= 0.3 is 5.97 Å². The average molecular weight is 367 g/mol. The van der Waals surface area contributed by atoms with Crippen molar-refractivity contribution in [2.45, 2.75) is 19.3 Å². The number of nitrogens with zero attached hydrogens (tertiary/aromatic N) is 3. The lowest BCUT2D eigenvalue weighted by atomic mass is 10.1. The Morgan fingerprint density at radius 1 is 1.00 bits per heavy atom. The van der Waals surface area contributed by atoms with Gasteiger partial charge in [-0.05, 0) is 49.6 Å². The van der Waals surface area contributed by atoms with Crippen LogP contribution in [0.4, 0.5) is 11.5 Å². The third-order valence-corrected chi connectivity index (χ3v) is 4.98. The predicted molar refractivity (Wildman–Crippen MR) is 99.9 cm³/mol. The van der Waals surface area contributed by atoms with E-state index in [2.05, 4.69) is 4.98 Å². The Labute approximate surface area is 157 Å². The topological polar surface area (TPSA) is 83.0 Å². The van der Waals surface area contributed by atoms with Gasteiger partial charge < -0.3 is 19.6 Å². The summed E-state index contributed by atoms with van der Waals surface area (Å²) in [5.41, 5.74) is 1.61. The van der Waals surface area contributed by atoms with E-state index < -0.39 is 5.97 Å². The number of carboxylic acid groups (broad SMARTS) is 1. The molecule has 4 rings (SSSR count). The number of pyridine rings is 1. The van der Waals surface area contributed by atoms with Crippen LogP contribution in [0.15, 0.2) is 36.5 Å². The maximum Gasteiger partial charge on any atom is 0.337 e. The number of fused-ring (bicyclic) bond motifs is 1. The first kappa shape index (κ1) is 17.3. The summed E-state index contributed by atoms with van der Waals surface area (Å²) in [6.07, 6.45) is 4.64. The zero-order valence-electron chi connectivity index (χ0n) is 14.9. The molecule has 2 aromatic rings. The molecule has 1 aromatic carbocycles. The van der Waals surface area contributed by atoms with Crippen molar-refractivity contribution < 1.29 is 19.4 Å². The first-order chi connectivity index (χ1) is 13.1. The first-order valence-corrected chi connectivity index (χ1v) is 9.16. The van der Waals surface area contributed by atoms with Gasteiger partial charge in [0.2, 0.25) is 0 Å². The number of rotatable bonds is 3. The number of amides is 1. The van der Waals surface area contributed by atoms with Gasteiger partial charge in [-0.25, -0.2) is 9.78 Å². The van der Waals surface area contributed by atoms with Crippen LogP contribution in [0.1, 0.15) is 40.0 Å². The Hall–Kier alpha value is -3.09. The number of carbonyl (C=O) groups excluding carboxylic acids is 1. The zero-order chi connectivity index (χ0) is 18.8. The molecule has 1 amide bonds. The van der Waals surface area contributed by atoms with Crippen LogP contribution in [-0.4, -0.2) is 53.1 Å². The lowest BCUT2D eigenvalue weighted by molar-refractivity contribution is 0.0694. The Morgan fingerprint density at radius 3 is 2.48 bits per heavy atom. The molecular formula is C20H21N3O4. The number of anilines is 2. The third-order valence-electron chi connectivity index (χ3n) is 4.98. The second-order valence-corrected chi connectivity index (χ2v) is 6.75. The lowest BCUT2D eigenvalue weighted by Crippen LogP contribution is -2.36. The highest BCUT2D eigenvalue weighted by molar-refractivity contribution is 5.95. The minimum absolute atomic E-state index is 0.0437. The Morgan fingerprint density at radius 2 is 1.78 bits per heavy atom. The molecule has 0 unspecified atom stereocenters. The third kappa shape index (κ3) is 3.45. The molecule has 1 fully saturated rings. The molecular weight excluding hydrogens is 346 g/mol. The molecule has 0 atom stereocenters. The minimum atomic E-state index is -1.00. The van der Waals surface area contributed by atoms with E-state index in [1.165, 1.54) is 18.7 Å². The van der Waals surface area contributed by atoms with Crippen molar-refractivity contribution in [1.82, 2.24) is 9.88 Å². The van der Waals surface area contributed by atoms with Gasteiger partial charge in [-0.15, -0.1) is 0 Å². The molecule has 2 aliphatic heterocycles. The molecule has 27 heavy (non-hydrogen) atoms. The summed E-state index contributed by atoms with van der Waals surface area (Å²) < 4.78 is 5.78. The normalized spacial score (nSPS) is 16.4. The number of piperidine rings is 1. The largest absolute Gasteiger partial charge is 0.490 e. The van der Waals surface area contributed by atoms with Gasteiger partial charge in [0.1, 0.15) is 18.2 Å². The molecule has 0 radical (unpaired) electrons. The molecule has 2 aliphatic rings.